The van der Waals surface area contributed by atoms with Crippen LogP contribution in [-0.4, -0.2) is 60.9 Å². The Hall–Kier alpha value is -1.36. The second kappa shape index (κ2) is 8.64. The summed E-state index contributed by atoms with van der Waals surface area (Å²) in [6, 6.07) is 0.189. The van der Waals surface area contributed by atoms with Crippen LogP contribution in [0.4, 0.5) is 0 Å². The molecule has 2 heterocycles. The van der Waals surface area contributed by atoms with Gasteiger partial charge >= 0.3 is 5.97 Å². The summed E-state index contributed by atoms with van der Waals surface area (Å²) in [4.78, 5) is 21.9. The zero-order valence-electron chi connectivity index (χ0n) is 21.3. The SMILES string of the molecule is CCOC(=O)CN(C)C[C@H]1CC2=C(C(C)(C)C)[C@H](C(C)(C)C)N=C(C(C)(C)C)N2C1. The van der Waals surface area contributed by atoms with Gasteiger partial charge in [-0.3, -0.25) is 14.7 Å². The summed E-state index contributed by atoms with van der Waals surface area (Å²) in [5.74, 6) is 1.54. The van der Waals surface area contributed by atoms with Crippen molar-refractivity contribution in [1.82, 2.24) is 9.80 Å². The fraction of sp³-hybridized carbons (Fsp3) is 0.840. The van der Waals surface area contributed by atoms with Gasteiger partial charge in [-0.1, -0.05) is 62.3 Å². The normalized spacial score (nSPS) is 23.1. The quantitative estimate of drug-likeness (QED) is 0.590. The van der Waals surface area contributed by atoms with Crippen molar-refractivity contribution in [3.8, 4) is 0 Å². The molecule has 0 aromatic heterocycles. The fourth-order valence-electron chi connectivity index (χ4n) is 4.82. The van der Waals surface area contributed by atoms with E-state index < -0.39 is 0 Å². The van der Waals surface area contributed by atoms with Gasteiger partial charge in [-0.2, -0.15) is 0 Å². The molecule has 30 heavy (non-hydrogen) atoms. The molecule has 2 rings (SSSR count). The minimum absolute atomic E-state index is 0.0100. The molecule has 1 saturated heterocycles. The molecule has 2 aliphatic heterocycles. The number of carbonyl (C=O) groups excluding carboxylic acids is 1. The minimum atomic E-state index is -0.143. The third-order valence-corrected chi connectivity index (χ3v) is 5.91. The highest BCUT2D eigenvalue weighted by Gasteiger charge is 2.46. The number of fused-ring (bicyclic) bond motifs is 1. The lowest BCUT2D eigenvalue weighted by Gasteiger charge is -2.45. The molecule has 0 aromatic rings. The Balaban J connectivity index is 2.39. The van der Waals surface area contributed by atoms with Gasteiger partial charge in [0.25, 0.3) is 0 Å². The van der Waals surface area contributed by atoms with Crippen molar-refractivity contribution in [2.75, 3.05) is 33.3 Å². The molecular formula is C25H45N3O2. The fourth-order valence-corrected chi connectivity index (χ4v) is 4.82. The maximum Gasteiger partial charge on any atom is 0.320 e. The van der Waals surface area contributed by atoms with Crippen LogP contribution in [0.1, 0.15) is 75.7 Å². The highest BCUT2D eigenvalue weighted by molar-refractivity contribution is 5.90. The van der Waals surface area contributed by atoms with E-state index >= 15 is 0 Å². The summed E-state index contributed by atoms with van der Waals surface area (Å²) < 4.78 is 5.13. The molecule has 5 heteroatoms. The molecule has 1 fully saturated rings. The van der Waals surface area contributed by atoms with Crippen LogP contribution in [0.15, 0.2) is 16.3 Å². The van der Waals surface area contributed by atoms with Crippen molar-refractivity contribution < 1.29 is 9.53 Å². The standard InChI is InChI=1S/C25H45N3O2/c1-12-30-19(29)16-27(11)14-17-13-18-20(23(2,3)4)21(24(5,6)7)26-22(25(8,9)10)28(18)15-17/h17,21H,12-16H2,1-11H3/t17-,21-/m1/s1. The largest absolute Gasteiger partial charge is 0.465 e. The van der Waals surface area contributed by atoms with E-state index in [9.17, 15) is 4.79 Å². The minimum Gasteiger partial charge on any atom is -0.465 e. The van der Waals surface area contributed by atoms with Crippen molar-refractivity contribution in [3.63, 3.8) is 0 Å². The topological polar surface area (TPSA) is 45.1 Å². The first kappa shape index (κ1) is 24.9. The molecule has 2 aliphatic rings. The Morgan fingerprint density at radius 1 is 1.10 bits per heavy atom. The number of likely N-dealkylation sites (N-methyl/N-ethyl adjacent to an activating group) is 1. The van der Waals surface area contributed by atoms with E-state index in [1.54, 1.807) is 0 Å². The van der Waals surface area contributed by atoms with Crippen LogP contribution in [0.5, 0.6) is 0 Å². The summed E-state index contributed by atoms with van der Waals surface area (Å²) in [7, 11) is 2.02. The van der Waals surface area contributed by atoms with E-state index in [4.69, 9.17) is 9.73 Å². The number of hydrogen-bond acceptors (Lipinski definition) is 5. The molecule has 0 N–H and O–H groups in total. The Labute approximate surface area is 184 Å². The summed E-state index contributed by atoms with van der Waals surface area (Å²) in [6.45, 7) is 25.2. The van der Waals surface area contributed by atoms with E-state index in [1.165, 1.54) is 17.1 Å². The van der Waals surface area contributed by atoms with Crippen LogP contribution in [0.3, 0.4) is 0 Å². The maximum atomic E-state index is 11.9. The maximum absolute atomic E-state index is 11.9. The summed E-state index contributed by atoms with van der Waals surface area (Å²) in [5, 5.41) is 0. The first-order chi connectivity index (χ1) is 13.6. The van der Waals surface area contributed by atoms with Crippen molar-refractivity contribution >= 4 is 11.8 Å². The number of hydrogen-bond donors (Lipinski definition) is 0. The molecule has 5 nitrogen and oxygen atoms in total. The Morgan fingerprint density at radius 3 is 2.17 bits per heavy atom. The van der Waals surface area contributed by atoms with Crippen molar-refractivity contribution in [2.45, 2.75) is 81.7 Å². The molecule has 0 amide bonds. The third kappa shape index (κ3) is 5.66. The molecule has 0 radical (unpaired) electrons. The van der Waals surface area contributed by atoms with Crippen molar-refractivity contribution in [1.29, 1.82) is 0 Å². The number of amidine groups is 1. The molecule has 0 aliphatic carbocycles. The number of esters is 1. The molecular weight excluding hydrogens is 374 g/mol. The van der Waals surface area contributed by atoms with Crippen LogP contribution < -0.4 is 0 Å². The smallest absolute Gasteiger partial charge is 0.320 e. The van der Waals surface area contributed by atoms with Crippen LogP contribution in [0.25, 0.3) is 0 Å². The van der Waals surface area contributed by atoms with E-state index in [1.807, 2.05) is 14.0 Å². The van der Waals surface area contributed by atoms with Crippen molar-refractivity contribution in [3.05, 3.63) is 11.3 Å². The lowest BCUT2D eigenvalue weighted by molar-refractivity contribution is -0.144. The molecule has 2 atom stereocenters. The molecule has 0 saturated carbocycles. The number of carbonyl (C=O) groups is 1. The first-order valence-electron chi connectivity index (χ1n) is 11.5. The monoisotopic (exact) mass is 419 g/mol. The van der Waals surface area contributed by atoms with Gasteiger partial charge in [0.15, 0.2) is 0 Å². The number of ether oxygens (including phenoxy) is 1. The van der Waals surface area contributed by atoms with Gasteiger partial charge in [0.05, 0.1) is 19.2 Å². The van der Waals surface area contributed by atoms with Gasteiger partial charge in [0.2, 0.25) is 0 Å². The molecule has 0 aromatic carbocycles. The lowest BCUT2D eigenvalue weighted by Crippen LogP contribution is -2.47. The van der Waals surface area contributed by atoms with Gasteiger partial charge in [0, 0.05) is 24.2 Å². The summed E-state index contributed by atoms with van der Waals surface area (Å²) in [6.07, 6.45) is 1.04. The van der Waals surface area contributed by atoms with Gasteiger partial charge in [-0.25, -0.2) is 0 Å². The van der Waals surface area contributed by atoms with E-state index in [0.29, 0.717) is 19.1 Å². The average Bonchev–Trinajstić information content (AvgIpc) is 2.92. The molecule has 0 unspecified atom stereocenters. The van der Waals surface area contributed by atoms with E-state index in [2.05, 4.69) is 72.1 Å². The Kier molecular flexibility index (Phi) is 7.18. The highest BCUT2D eigenvalue weighted by atomic mass is 16.5. The summed E-state index contributed by atoms with van der Waals surface area (Å²) in [5.41, 5.74) is 3.07. The van der Waals surface area contributed by atoms with Crippen LogP contribution in [0.2, 0.25) is 0 Å². The predicted octanol–water partition coefficient (Wildman–Crippen LogP) is 4.98. The Bertz CT molecular complexity index is 701. The average molecular weight is 420 g/mol. The molecule has 0 bridgehead atoms. The van der Waals surface area contributed by atoms with E-state index in [-0.39, 0.29) is 28.3 Å². The second-order valence-corrected chi connectivity index (χ2v) is 12.3. The molecule has 172 valence electrons. The van der Waals surface area contributed by atoms with Gasteiger partial charge in [-0.15, -0.1) is 0 Å². The second-order valence-electron chi connectivity index (χ2n) is 12.3. The predicted molar refractivity (Wildman–Crippen MR) is 126 cm³/mol. The first-order valence-corrected chi connectivity index (χ1v) is 11.5. The zero-order valence-corrected chi connectivity index (χ0v) is 21.3. The van der Waals surface area contributed by atoms with E-state index in [0.717, 1.165) is 19.5 Å². The highest BCUT2D eigenvalue weighted by Crippen LogP contribution is 2.48. The van der Waals surface area contributed by atoms with Crippen molar-refractivity contribution in [2.24, 2.45) is 27.2 Å². The number of rotatable bonds is 5. The Morgan fingerprint density at radius 2 is 1.70 bits per heavy atom. The number of nitrogens with zero attached hydrogens (tertiary/aromatic N) is 3. The lowest BCUT2D eigenvalue weighted by atomic mass is 9.70. The van der Waals surface area contributed by atoms with Gasteiger partial charge < -0.3 is 9.64 Å². The summed E-state index contributed by atoms with van der Waals surface area (Å²) >= 11 is 0. The third-order valence-electron chi connectivity index (χ3n) is 5.91. The zero-order chi connectivity index (χ0) is 23.1. The molecule has 0 spiro atoms. The van der Waals surface area contributed by atoms with Gasteiger partial charge in [0.1, 0.15) is 5.84 Å². The van der Waals surface area contributed by atoms with Gasteiger partial charge in [-0.05, 0) is 42.7 Å². The van der Waals surface area contributed by atoms with Crippen LogP contribution in [0, 0.1) is 22.2 Å². The number of aliphatic imine (C=N–C) groups is 1. The van der Waals surface area contributed by atoms with Crippen LogP contribution >= 0.6 is 0 Å². The number of allylic oxidation sites excluding steroid dienone is 1. The van der Waals surface area contributed by atoms with Crippen LogP contribution in [-0.2, 0) is 9.53 Å².